The van der Waals surface area contributed by atoms with Crippen molar-refractivity contribution in [2.75, 3.05) is 0 Å². The van der Waals surface area contributed by atoms with Crippen molar-refractivity contribution in [3.05, 3.63) is 219 Å². The summed E-state index contributed by atoms with van der Waals surface area (Å²) in [6.45, 7) is 0. The van der Waals surface area contributed by atoms with Crippen LogP contribution in [-0.2, 0) is 19.5 Å². The van der Waals surface area contributed by atoms with Gasteiger partial charge in [0.1, 0.15) is 34.2 Å². The van der Waals surface area contributed by atoms with Gasteiger partial charge in [0.05, 0.1) is 67.3 Å². The Morgan fingerprint density at radius 2 is 0.338 bits per heavy atom. The fourth-order valence-corrected chi connectivity index (χ4v) is 7.09. The van der Waals surface area contributed by atoms with Gasteiger partial charge in [-0.15, -0.1) is 0 Å². The van der Waals surface area contributed by atoms with Crippen molar-refractivity contribution in [2.24, 2.45) is 0 Å². The van der Waals surface area contributed by atoms with Crippen LogP contribution in [0.15, 0.2) is 219 Å². The first-order chi connectivity index (χ1) is 36.7. The van der Waals surface area contributed by atoms with Crippen molar-refractivity contribution in [3.63, 3.8) is 0 Å². The molecule has 3 aromatic carbocycles. The smallest absolute Gasteiger partial charge is 0.418 e. The number of fused-ring (bicyclic) bond motifs is 3. The van der Waals surface area contributed by atoms with E-state index in [0.29, 0.717) is 0 Å². The first kappa shape index (κ1) is 55.5. The molecule has 0 spiro atoms. The Labute approximate surface area is 447 Å². The van der Waals surface area contributed by atoms with Crippen LogP contribution in [0, 0.1) is 0 Å². The van der Waals surface area contributed by atoms with Crippen molar-refractivity contribution in [1.82, 2.24) is 59.8 Å². The molecular weight excluding hydrogens is 1090 g/mol. The van der Waals surface area contributed by atoms with E-state index in [9.17, 15) is 34.5 Å². The molecule has 0 amide bonds. The molecule has 0 atom stereocenters. The van der Waals surface area contributed by atoms with Crippen LogP contribution in [0.5, 0.6) is 0 Å². The Bertz CT molecular complexity index is 3150. The Balaban J connectivity index is 0.000000153. The summed E-state index contributed by atoms with van der Waals surface area (Å²) >= 11 is 0. The summed E-state index contributed by atoms with van der Waals surface area (Å²) in [6, 6.07) is 58.1. The monoisotopic (exact) mass is 1130 g/mol. The number of hydrogen-bond donors (Lipinski definition) is 0. The summed E-state index contributed by atoms with van der Waals surface area (Å²) in [5.41, 5.74) is 14.3. The van der Waals surface area contributed by atoms with Crippen molar-refractivity contribution in [3.8, 4) is 68.3 Å². The molecule has 12 rings (SSSR count). The Hall–Kier alpha value is -9.23. The van der Waals surface area contributed by atoms with E-state index in [1.54, 1.807) is 37.2 Å². The van der Waals surface area contributed by atoms with Gasteiger partial charge in [-0.3, -0.25) is 29.9 Å². The van der Waals surface area contributed by atoms with Crippen molar-refractivity contribution in [2.45, 2.75) is 0 Å². The molecule has 12 nitrogen and oxygen atoms in total. The van der Waals surface area contributed by atoms with E-state index in [1.807, 2.05) is 182 Å². The van der Waals surface area contributed by atoms with Crippen LogP contribution < -0.4 is 0 Å². The fraction of sp³-hybridized carbons (Fsp3) is 0. The van der Waals surface area contributed by atoms with Gasteiger partial charge in [-0.25, -0.2) is 29.9 Å². The molecule has 0 N–H and O–H groups in total. The summed E-state index contributed by atoms with van der Waals surface area (Å²) in [6.07, 6.45) is 10.6. The van der Waals surface area contributed by atoms with Gasteiger partial charge in [-0.2, -0.15) is 0 Å². The summed E-state index contributed by atoms with van der Waals surface area (Å²) in [5, 5.41) is 0. The van der Waals surface area contributed by atoms with Gasteiger partial charge < -0.3 is 34.5 Å². The Morgan fingerprint density at radius 3 is 0.455 bits per heavy atom. The van der Waals surface area contributed by atoms with Crippen molar-refractivity contribution < 1.29 is 54.0 Å². The minimum absolute atomic E-state index is 0. The number of aromatic nitrogens is 12. The van der Waals surface area contributed by atoms with Crippen LogP contribution in [0.3, 0.4) is 0 Å². The quantitative estimate of drug-likeness (QED) is 0.115. The van der Waals surface area contributed by atoms with Crippen LogP contribution in [0.1, 0.15) is 0 Å². The molecule has 23 heteroatoms. The second kappa shape index (κ2) is 26.3. The van der Waals surface area contributed by atoms with E-state index in [2.05, 4.69) is 29.9 Å². The van der Waals surface area contributed by atoms with Gasteiger partial charge in [-0.1, -0.05) is 72.8 Å². The molecule has 0 bridgehead atoms. The summed E-state index contributed by atoms with van der Waals surface area (Å²) < 4.78 is 78.0. The molecule has 77 heavy (non-hydrogen) atoms. The number of pyridine rings is 6. The van der Waals surface area contributed by atoms with E-state index < -0.39 is 14.5 Å². The molecule has 0 unspecified atom stereocenters. The number of hydrogen-bond acceptors (Lipinski definition) is 12. The van der Waals surface area contributed by atoms with E-state index >= 15 is 0 Å². The average molecular weight is 1130 g/mol. The number of nitrogens with zero attached hydrogens (tertiary/aromatic N) is 12. The predicted octanol–water partition coefficient (Wildman–Crippen LogP) is 13.9. The standard InChI is InChI=1S/3C18H12N4.2BF4.Ru/c3*1-2-8-14-13(7-1)21-17(15-9-3-5-11-19-15)18(22-14)16-10-4-6-12-20-16;2*2-1(3,4)5;/h3*1-12H;;;/q;;;2*-1;+2. The summed E-state index contributed by atoms with van der Waals surface area (Å²) in [7, 11) is -12.0. The van der Waals surface area contributed by atoms with Gasteiger partial charge in [-0.05, 0) is 109 Å². The molecule has 12 aromatic rings. The number of rotatable bonds is 6. The number of halogens is 8. The average Bonchev–Trinajstić information content (AvgIpc) is 3.47. The normalized spacial score (nSPS) is 10.8. The third-order valence-corrected chi connectivity index (χ3v) is 10.2. The molecular formula is C54H36B2F8N12Ru. The maximum absolute atomic E-state index is 9.75. The van der Waals surface area contributed by atoms with Gasteiger partial charge in [0.2, 0.25) is 0 Å². The summed E-state index contributed by atoms with van der Waals surface area (Å²) in [5.74, 6) is 0. The zero-order valence-corrected chi connectivity index (χ0v) is 41.4. The number of para-hydroxylation sites is 6. The first-order valence-electron chi connectivity index (χ1n) is 22.8. The molecule has 0 saturated carbocycles. The molecule has 0 aliphatic carbocycles. The second-order valence-electron chi connectivity index (χ2n) is 15.5. The van der Waals surface area contributed by atoms with E-state index in [4.69, 9.17) is 29.9 Å². The third-order valence-electron chi connectivity index (χ3n) is 10.2. The van der Waals surface area contributed by atoms with E-state index in [1.165, 1.54) is 0 Å². The minimum atomic E-state index is -6.00. The fourth-order valence-electron chi connectivity index (χ4n) is 7.09. The molecule has 0 saturated heterocycles. The Kier molecular flexibility index (Phi) is 19.0. The zero-order valence-electron chi connectivity index (χ0n) is 39.7. The van der Waals surface area contributed by atoms with Crippen LogP contribution >= 0.6 is 0 Å². The molecule has 0 fully saturated rings. The minimum Gasteiger partial charge on any atom is -0.418 e. The van der Waals surface area contributed by atoms with Gasteiger partial charge in [0, 0.05) is 37.2 Å². The van der Waals surface area contributed by atoms with E-state index in [-0.39, 0.29) is 19.5 Å². The maximum Gasteiger partial charge on any atom is 2.00 e. The van der Waals surface area contributed by atoms with Crippen LogP contribution in [0.2, 0.25) is 0 Å². The van der Waals surface area contributed by atoms with E-state index in [0.717, 1.165) is 101 Å². The third kappa shape index (κ3) is 16.1. The van der Waals surface area contributed by atoms with Gasteiger partial charge >= 0.3 is 34.0 Å². The molecule has 0 radical (unpaired) electrons. The maximum atomic E-state index is 9.75. The van der Waals surface area contributed by atoms with Crippen LogP contribution in [-0.4, -0.2) is 74.3 Å². The van der Waals surface area contributed by atoms with Crippen molar-refractivity contribution >= 4 is 47.6 Å². The SMILES string of the molecule is F[B-](F)(F)F.F[B-](F)(F)F.[Ru+2].c1ccc(-c2nc3ccccc3nc2-c2ccccn2)nc1.c1ccc(-c2nc3ccccc3nc2-c2ccccn2)nc1.c1ccc(-c2nc3ccccc3nc2-c2ccccn2)nc1. The molecule has 382 valence electrons. The largest absolute Gasteiger partial charge is 2.00 e. The van der Waals surface area contributed by atoms with Gasteiger partial charge in [0.25, 0.3) is 0 Å². The van der Waals surface area contributed by atoms with Gasteiger partial charge in [0.15, 0.2) is 0 Å². The second-order valence-corrected chi connectivity index (χ2v) is 15.5. The summed E-state index contributed by atoms with van der Waals surface area (Å²) in [4.78, 5) is 55.0. The topological polar surface area (TPSA) is 155 Å². The zero-order chi connectivity index (χ0) is 53.3. The number of benzene rings is 3. The predicted molar refractivity (Wildman–Crippen MR) is 278 cm³/mol. The molecule has 0 aliphatic heterocycles. The van der Waals surface area contributed by atoms with Crippen molar-refractivity contribution in [1.29, 1.82) is 0 Å². The first-order valence-corrected chi connectivity index (χ1v) is 22.8. The Morgan fingerprint density at radius 1 is 0.208 bits per heavy atom. The van der Waals surface area contributed by atoms with Crippen LogP contribution in [0.25, 0.3) is 101 Å². The molecule has 9 aromatic heterocycles. The van der Waals surface area contributed by atoms with Crippen LogP contribution in [0.4, 0.5) is 34.5 Å². The molecule has 0 aliphatic rings. The molecule has 9 heterocycles.